The molecule has 0 amide bonds. The summed E-state index contributed by atoms with van der Waals surface area (Å²) in [4.78, 5) is 33.1. The second-order valence-corrected chi connectivity index (χ2v) is 7.23. The third-order valence-corrected chi connectivity index (χ3v) is 5.73. The van der Waals surface area contributed by atoms with E-state index in [4.69, 9.17) is 0 Å². The summed E-state index contributed by atoms with van der Waals surface area (Å²) in [6, 6.07) is 15.1. The molecule has 2 heterocycles. The SMILES string of the molecule is CCc1ccc2[nH]c3cc4c(=O)c5ccccc5[nH]c4cc3c(=O)c2c1CC. The van der Waals surface area contributed by atoms with Crippen LogP contribution in [-0.4, -0.2) is 9.97 Å². The Morgan fingerprint density at radius 3 is 2.07 bits per heavy atom. The van der Waals surface area contributed by atoms with Crippen molar-refractivity contribution >= 4 is 43.6 Å². The summed E-state index contributed by atoms with van der Waals surface area (Å²) in [7, 11) is 0. The molecule has 2 aromatic heterocycles. The highest BCUT2D eigenvalue weighted by Crippen LogP contribution is 2.25. The van der Waals surface area contributed by atoms with Gasteiger partial charge in [-0.05, 0) is 54.3 Å². The topological polar surface area (TPSA) is 65.7 Å². The van der Waals surface area contributed by atoms with Crippen LogP contribution in [0.2, 0.25) is 0 Å². The van der Waals surface area contributed by atoms with Crippen LogP contribution in [0.1, 0.15) is 25.0 Å². The van der Waals surface area contributed by atoms with Crippen LogP contribution in [0.3, 0.4) is 0 Å². The van der Waals surface area contributed by atoms with Crippen molar-refractivity contribution in [2.45, 2.75) is 26.7 Å². The number of fused-ring (bicyclic) bond motifs is 4. The van der Waals surface area contributed by atoms with Gasteiger partial charge in [-0.25, -0.2) is 0 Å². The number of H-pyrrole nitrogens is 2. The van der Waals surface area contributed by atoms with Gasteiger partial charge >= 0.3 is 0 Å². The van der Waals surface area contributed by atoms with Crippen LogP contribution < -0.4 is 10.9 Å². The summed E-state index contributed by atoms with van der Waals surface area (Å²) in [5.74, 6) is 0. The standard InChI is InChI=1S/C24H20N2O2/c1-3-13-9-10-19-22(14(13)4-2)24(28)17-12-20-16(11-21(17)26-19)23(27)15-7-5-6-8-18(15)25-20/h5-12H,3-4H2,1-2H3,(H,25,27)(H,26,28). The zero-order valence-electron chi connectivity index (χ0n) is 15.8. The van der Waals surface area contributed by atoms with Crippen LogP contribution in [-0.2, 0) is 12.8 Å². The van der Waals surface area contributed by atoms with Gasteiger partial charge in [0.1, 0.15) is 0 Å². The lowest BCUT2D eigenvalue weighted by Crippen LogP contribution is -2.10. The molecule has 0 aliphatic rings. The van der Waals surface area contributed by atoms with Gasteiger partial charge < -0.3 is 9.97 Å². The van der Waals surface area contributed by atoms with Crippen molar-refractivity contribution in [2.24, 2.45) is 0 Å². The van der Waals surface area contributed by atoms with Gasteiger partial charge in [0.05, 0.1) is 16.6 Å². The number of aromatic nitrogens is 2. The number of aryl methyl sites for hydroxylation is 2. The van der Waals surface area contributed by atoms with Crippen LogP contribution in [0.4, 0.5) is 0 Å². The van der Waals surface area contributed by atoms with Crippen molar-refractivity contribution in [1.29, 1.82) is 0 Å². The Labute approximate surface area is 160 Å². The number of para-hydroxylation sites is 1. The van der Waals surface area contributed by atoms with Crippen molar-refractivity contribution in [2.75, 3.05) is 0 Å². The lowest BCUT2D eigenvalue weighted by atomic mass is 9.96. The Balaban J connectivity index is 1.98. The molecular formula is C24H20N2O2. The molecule has 0 atom stereocenters. The van der Waals surface area contributed by atoms with Crippen molar-refractivity contribution < 1.29 is 0 Å². The van der Waals surface area contributed by atoms with E-state index in [1.807, 2.05) is 36.4 Å². The van der Waals surface area contributed by atoms with Gasteiger partial charge in [-0.2, -0.15) is 0 Å². The Morgan fingerprint density at radius 2 is 1.36 bits per heavy atom. The van der Waals surface area contributed by atoms with Gasteiger partial charge in [0.25, 0.3) is 0 Å². The number of rotatable bonds is 2. The van der Waals surface area contributed by atoms with Gasteiger partial charge in [-0.3, -0.25) is 9.59 Å². The first-order valence-electron chi connectivity index (χ1n) is 9.67. The largest absolute Gasteiger partial charge is 0.354 e. The quantitative estimate of drug-likeness (QED) is 0.440. The summed E-state index contributed by atoms with van der Waals surface area (Å²) in [5.41, 5.74) is 5.29. The summed E-state index contributed by atoms with van der Waals surface area (Å²) >= 11 is 0. The summed E-state index contributed by atoms with van der Waals surface area (Å²) in [6.07, 6.45) is 1.71. The molecule has 0 unspecified atom stereocenters. The Bertz CT molecular complexity index is 1520. The van der Waals surface area contributed by atoms with Crippen LogP contribution in [0, 0.1) is 0 Å². The number of hydrogen-bond acceptors (Lipinski definition) is 2. The molecule has 0 bridgehead atoms. The van der Waals surface area contributed by atoms with Gasteiger partial charge in [-0.1, -0.05) is 32.0 Å². The van der Waals surface area contributed by atoms with Gasteiger partial charge in [0.15, 0.2) is 10.9 Å². The molecule has 4 heteroatoms. The van der Waals surface area contributed by atoms with Gasteiger partial charge in [-0.15, -0.1) is 0 Å². The van der Waals surface area contributed by atoms with Gasteiger partial charge in [0, 0.05) is 27.1 Å². The Kier molecular flexibility index (Phi) is 3.63. The molecule has 0 spiro atoms. The van der Waals surface area contributed by atoms with Crippen LogP contribution >= 0.6 is 0 Å². The first-order valence-corrected chi connectivity index (χ1v) is 9.67. The second kappa shape index (κ2) is 6.06. The minimum absolute atomic E-state index is 0.0202. The normalized spacial score (nSPS) is 11.8. The molecule has 0 saturated heterocycles. The fourth-order valence-corrected chi connectivity index (χ4v) is 4.33. The maximum absolute atomic E-state index is 13.4. The van der Waals surface area contributed by atoms with Crippen LogP contribution in [0.15, 0.2) is 58.1 Å². The van der Waals surface area contributed by atoms with E-state index in [0.717, 1.165) is 34.8 Å². The van der Waals surface area contributed by atoms with E-state index in [-0.39, 0.29) is 10.9 Å². The molecule has 0 aliphatic heterocycles. The van der Waals surface area contributed by atoms with Crippen molar-refractivity contribution in [3.8, 4) is 0 Å². The number of pyridine rings is 2. The third kappa shape index (κ3) is 2.24. The highest BCUT2D eigenvalue weighted by atomic mass is 16.1. The van der Waals surface area contributed by atoms with E-state index in [0.29, 0.717) is 27.2 Å². The minimum Gasteiger partial charge on any atom is -0.354 e. The Morgan fingerprint density at radius 1 is 0.679 bits per heavy atom. The highest BCUT2D eigenvalue weighted by Gasteiger charge is 2.14. The molecule has 138 valence electrons. The molecule has 3 aromatic carbocycles. The van der Waals surface area contributed by atoms with E-state index >= 15 is 0 Å². The van der Waals surface area contributed by atoms with E-state index in [2.05, 4.69) is 29.9 Å². The van der Waals surface area contributed by atoms with Crippen LogP contribution in [0.25, 0.3) is 43.6 Å². The number of hydrogen-bond donors (Lipinski definition) is 2. The summed E-state index contributed by atoms with van der Waals surface area (Å²) in [5, 5.41) is 2.60. The van der Waals surface area contributed by atoms with Crippen LogP contribution in [0.5, 0.6) is 0 Å². The van der Waals surface area contributed by atoms with Crippen molar-refractivity contribution in [3.63, 3.8) is 0 Å². The monoisotopic (exact) mass is 368 g/mol. The van der Waals surface area contributed by atoms with E-state index < -0.39 is 0 Å². The molecule has 0 fully saturated rings. The smallest absolute Gasteiger partial charge is 0.197 e. The van der Waals surface area contributed by atoms with E-state index in [1.165, 1.54) is 5.56 Å². The molecule has 0 saturated carbocycles. The highest BCUT2D eigenvalue weighted by molar-refractivity contribution is 6.03. The Hall–Kier alpha value is -3.40. The average Bonchev–Trinajstić information content (AvgIpc) is 2.72. The zero-order chi connectivity index (χ0) is 19.4. The lowest BCUT2D eigenvalue weighted by molar-refractivity contribution is 1.05. The first-order chi connectivity index (χ1) is 13.6. The summed E-state index contributed by atoms with van der Waals surface area (Å²) in [6.45, 7) is 4.19. The average molecular weight is 368 g/mol. The molecule has 4 nitrogen and oxygen atoms in total. The predicted molar refractivity (Wildman–Crippen MR) is 116 cm³/mol. The lowest BCUT2D eigenvalue weighted by Gasteiger charge is -2.12. The molecule has 5 rings (SSSR count). The number of aromatic amines is 2. The fraction of sp³-hybridized carbons (Fsp3) is 0.167. The minimum atomic E-state index is -0.0252. The molecular weight excluding hydrogens is 348 g/mol. The molecule has 0 radical (unpaired) electrons. The molecule has 5 aromatic rings. The first kappa shape index (κ1) is 16.8. The van der Waals surface area contributed by atoms with Crippen molar-refractivity contribution in [1.82, 2.24) is 9.97 Å². The predicted octanol–water partition coefficient (Wildman–Crippen LogP) is 4.80. The fourth-order valence-electron chi connectivity index (χ4n) is 4.33. The van der Waals surface area contributed by atoms with E-state index in [9.17, 15) is 9.59 Å². The number of nitrogens with one attached hydrogen (secondary N) is 2. The summed E-state index contributed by atoms with van der Waals surface area (Å²) < 4.78 is 0. The van der Waals surface area contributed by atoms with Crippen molar-refractivity contribution in [3.05, 3.63) is 80.1 Å². The molecule has 28 heavy (non-hydrogen) atoms. The molecule has 2 N–H and O–H groups in total. The maximum atomic E-state index is 13.4. The zero-order valence-corrected chi connectivity index (χ0v) is 15.8. The molecule has 0 aliphatic carbocycles. The number of benzene rings is 3. The van der Waals surface area contributed by atoms with Gasteiger partial charge in [0.2, 0.25) is 0 Å². The third-order valence-electron chi connectivity index (χ3n) is 5.73. The maximum Gasteiger partial charge on any atom is 0.197 e. The second-order valence-electron chi connectivity index (χ2n) is 7.23. The van der Waals surface area contributed by atoms with E-state index in [1.54, 1.807) is 6.07 Å².